The van der Waals surface area contributed by atoms with Gasteiger partial charge in [0.05, 0.1) is 19.3 Å². The minimum Gasteiger partial charge on any atom is -0.481 e. The molecule has 25 heavy (non-hydrogen) atoms. The lowest BCUT2D eigenvalue weighted by Gasteiger charge is -2.33. The van der Waals surface area contributed by atoms with E-state index in [0.717, 1.165) is 0 Å². The van der Waals surface area contributed by atoms with Crippen molar-refractivity contribution in [1.82, 2.24) is 14.8 Å². The molecule has 0 atom stereocenters. The molecular weight excluding hydrogens is 330 g/mol. The van der Waals surface area contributed by atoms with E-state index < -0.39 is 5.97 Å². The Morgan fingerprint density at radius 2 is 1.76 bits per heavy atom. The standard InChI is InChI=1S/C16H21N3O6/c1-3-24-16(22)19-8-6-18(7-9-19)14(20)11-25-15(21)12-4-5-13(23-2)17-10-12/h4-5,10H,3,6-9,11H2,1-2H3. The fourth-order valence-electron chi connectivity index (χ4n) is 2.28. The highest BCUT2D eigenvalue weighted by atomic mass is 16.6. The first-order valence-electron chi connectivity index (χ1n) is 7.91. The van der Waals surface area contributed by atoms with E-state index in [1.807, 2.05) is 0 Å². The first-order chi connectivity index (χ1) is 12.0. The van der Waals surface area contributed by atoms with Crippen molar-refractivity contribution in [2.75, 3.05) is 46.5 Å². The highest BCUT2D eigenvalue weighted by Gasteiger charge is 2.25. The Morgan fingerprint density at radius 3 is 2.32 bits per heavy atom. The zero-order chi connectivity index (χ0) is 18.2. The average molecular weight is 351 g/mol. The summed E-state index contributed by atoms with van der Waals surface area (Å²) in [4.78, 5) is 42.6. The Hall–Kier alpha value is -2.84. The topological polar surface area (TPSA) is 98.3 Å². The second-order valence-electron chi connectivity index (χ2n) is 5.23. The van der Waals surface area contributed by atoms with Crippen LogP contribution < -0.4 is 4.74 Å². The molecule has 0 spiro atoms. The molecule has 1 aliphatic heterocycles. The van der Waals surface area contributed by atoms with Crippen molar-refractivity contribution in [2.24, 2.45) is 0 Å². The predicted molar refractivity (Wildman–Crippen MR) is 86.2 cm³/mol. The number of aromatic nitrogens is 1. The summed E-state index contributed by atoms with van der Waals surface area (Å²) in [6.07, 6.45) is 0.942. The number of esters is 1. The number of ether oxygens (including phenoxy) is 3. The summed E-state index contributed by atoms with van der Waals surface area (Å²) in [7, 11) is 1.47. The van der Waals surface area contributed by atoms with E-state index in [1.165, 1.54) is 25.4 Å². The lowest BCUT2D eigenvalue weighted by molar-refractivity contribution is -0.136. The largest absolute Gasteiger partial charge is 0.481 e. The number of hydrogen-bond acceptors (Lipinski definition) is 7. The molecule has 0 aliphatic carbocycles. The fraction of sp³-hybridized carbons (Fsp3) is 0.500. The maximum Gasteiger partial charge on any atom is 0.409 e. The first-order valence-corrected chi connectivity index (χ1v) is 7.91. The normalized spacial score (nSPS) is 14.0. The van der Waals surface area contributed by atoms with Crippen molar-refractivity contribution in [2.45, 2.75) is 6.92 Å². The molecule has 1 aliphatic rings. The van der Waals surface area contributed by atoms with E-state index in [9.17, 15) is 14.4 Å². The van der Waals surface area contributed by atoms with Crippen molar-refractivity contribution in [3.63, 3.8) is 0 Å². The Morgan fingerprint density at radius 1 is 1.08 bits per heavy atom. The van der Waals surface area contributed by atoms with Crippen LogP contribution in [0.3, 0.4) is 0 Å². The van der Waals surface area contributed by atoms with Gasteiger partial charge in [0.1, 0.15) is 0 Å². The van der Waals surface area contributed by atoms with E-state index in [2.05, 4.69) is 4.98 Å². The van der Waals surface area contributed by atoms with E-state index in [-0.39, 0.29) is 24.2 Å². The summed E-state index contributed by atoms with van der Waals surface area (Å²) in [5.74, 6) is -0.556. The molecule has 9 heteroatoms. The quantitative estimate of drug-likeness (QED) is 0.714. The molecule has 0 N–H and O–H groups in total. The van der Waals surface area contributed by atoms with Crippen LogP contribution in [0.4, 0.5) is 4.79 Å². The fourth-order valence-corrected chi connectivity index (χ4v) is 2.28. The van der Waals surface area contributed by atoms with Crippen LogP contribution in [-0.4, -0.2) is 79.3 Å². The zero-order valence-corrected chi connectivity index (χ0v) is 14.3. The molecule has 2 rings (SSSR count). The highest BCUT2D eigenvalue weighted by molar-refractivity contribution is 5.91. The molecule has 0 saturated carbocycles. The van der Waals surface area contributed by atoms with Gasteiger partial charge in [-0.25, -0.2) is 14.6 Å². The second kappa shape index (κ2) is 8.86. The summed E-state index contributed by atoms with van der Waals surface area (Å²) >= 11 is 0. The van der Waals surface area contributed by atoms with Crippen molar-refractivity contribution >= 4 is 18.0 Å². The number of methoxy groups -OCH3 is 1. The molecule has 0 aromatic carbocycles. The molecule has 1 saturated heterocycles. The summed E-state index contributed by atoms with van der Waals surface area (Å²) in [6.45, 7) is 3.23. The number of carbonyl (C=O) groups is 3. The van der Waals surface area contributed by atoms with Gasteiger partial charge >= 0.3 is 12.1 Å². The van der Waals surface area contributed by atoms with Crippen LogP contribution in [-0.2, 0) is 14.3 Å². The minimum atomic E-state index is -0.631. The van der Waals surface area contributed by atoms with E-state index in [0.29, 0.717) is 38.7 Å². The molecule has 1 fully saturated rings. The van der Waals surface area contributed by atoms with Crippen LogP contribution in [0.15, 0.2) is 18.3 Å². The first kappa shape index (κ1) is 18.5. The Labute approximate surface area is 145 Å². The van der Waals surface area contributed by atoms with Gasteiger partial charge in [0.25, 0.3) is 5.91 Å². The van der Waals surface area contributed by atoms with Crippen molar-refractivity contribution in [3.05, 3.63) is 23.9 Å². The monoisotopic (exact) mass is 351 g/mol. The smallest absolute Gasteiger partial charge is 0.409 e. The number of hydrogen-bond donors (Lipinski definition) is 0. The molecule has 0 bridgehead atoms. The van der Waals surface area contributed by atoms with Crippen LogP contribution >= 0.6 is 0 Å². The van der Waals surface area contributed by atoms with Gasteiger partial charge < -0.3 is 24.0 Å². The van der Waals surface area contributed by atoms with Gasteiger partial charge in [-0.3, -0.25) is 4.79 Å². The maximum atomic E-state index is 12.1. The molecule has 0 radical (unpaired) electrons. The molecular formula is C16H21N3O6. The third-order valence-electron chi connectivity index (χ3n) is 3.67. The van der Waals surface area contributed by atoms with Gasteiger partial charge in [0.2, 0.25) is 5.88 Å². The lowest BCUT2D eigenvalue weighted by Crippen LogP contribution is -2.51. The Bertz CT molecular complexity index is 611. The highest BCUT2D eigenvalue weighted by Crippen LogP contribution is 2.09. The van der Waals surface area contributed by atoms with E-state index >= 15 is 0 Å². The van der Waals surface area contributed by atoms with Gasteiger partial charge in [-0.05, 0) is 13.0 Å². The summed E-state index contributed by atoms with van der Waals surface area (Å²) in [5, 5.41) is 0. The SMILES string of the molecule is CCOC(=O)N1CCN(C(=O)COC(=O)c2ccc(OC)nc2)CC1. The van der Waals surface area contributed by atoms with Gasteiger partial charge in [0.15, 0.2) is 6.61 Å². The third kappa shape index (κ3) is 5.07. The molecule has 0 unspecified atom stereocenters. The Kier molecular flexibility index (Phi) is 6.55. The van der Waals surface area contributed by atoms with Crippen LogP contribution in [0.1, 0.15) is 17.3 Å². The van der Waals surface area contributed by atoms with Crippen LogP contribution in [0.2, 0.25) is 0 Å². The summed E-state index contributed by atoms with van der Waals surface area (Å²) in [5.41, 5.74) is 0.237. The maximum absolute atomic E-state index is 12.1. The van der Waals surface area contributed by atoms with E-state index in [4.69, 9.17) is 14.2 Å². The lowest BCUT2D eigenvalue weighted by atomic mass is 10.3. The molecule has 1 aromatic rings. The third-order valence-corrected chi connectivity index (χ3v) is 3.67. The van der Waals surface area contributed by atoms with Gasteiger partial charge in [-0.15, -0.1) is 0 Å². The van der Waals surface area contributed by atoms with Gasteiger partial charge in [0, 0.05) is 38.4 Å². The van der Waals surface area contributed by atoms with Crippen molar-refractivity contribution < 1.29 is 28.6 Å². The van der Waals surface area contributed by atoms with Crippen LogP contribution in [0.25, 0.3) is 0 Å². The molecule has 136 valence electrons. The number of rotatable bonds is 5. The van der Waals surface area contributed by atoms with Crippen LogP contribution in [0, 0.1) is 0 Å². The Balaban J connectivity index is 1.77. The molecule has 9 nitrogen and oxygen atoms in total. The molecule has 2 heterocycles. The summed E-state index contributed by atoms with van der Waals surface area (Å²) in [6, 6.07) is 3.05. The number of piperazine rings is 1. The number of amides is 2. The molecule has 1 aromatic heterocycles. The summed E-state index contributed by atoms with van der Waals surface area (Å²) < 4.78 is 14.8. The predicted octanol–water partition coefficient (Wildman–Crippen LogP) is 0.548. The molecule has 2 amide bonds. The second-order valence-corrected chi connectivity index (χ2v) is 5.23. The van der Waals surface area contributed by atoms with E-state index in [1.54, 1.807) is 16.7 Å². The number of nitrogens with zero attached hydrogens (tertiary/aromatic N) is 3. The zero-order valence-electron chi connectivity index (χ0n) is 14.3. The number of pyridine rings is 1. The average Bonchev–Trinajstić information content (AvgIpc) is 2.66. The van der Waals surface area contributed by atoms with Crippen molar-refractivity contribution in [1.29, 1.82) is 0 Å². The minimum absolute atomic E-state index is 0.237. The van der Waals surface area contributed by atoms with Crippen molar-refractivity contribution in [3.8, 4) is 5.88 Å². The van der Waals surface area contributed by atoms with Gasteiger partial charge in [-0.1, -0.05) is 0 Å². The van der Waals surface area contributed by atoms with Crippen LogP contribution in [0.5, 0.6) is 5.88 Å². The number of carbonyl (C=O) groups excluding carboxylic acids is 3. The van der Waals surface area contributed by atoms with Gasteiger partial charge in [-0.2, -0.15) is 0 Å².